The lowest BCUT2D eigenvalue weighted by Crippen LogP contribution is -2.15. The minimum absolute atomic E-state index is 0.358. The van der Waals surface area contributed by atoms with Crippen LogP contribution >= 0.6 is 0 Å². The first-order valence-corrected chi connectivity index (χ1v) is 7.63. The SMILES string of the molecule is CCCOc1ccc2c(ccn2CC2CCC(C)O2)c1. The normalized spacial score (nSPS) is 22.5. The van der Waals surface area contributed by atoms with Gasteiger partial charge in [-0.1, -0.05) is 6.92 Å². The minimum Gasteiger partial charge on any atom is -0.494 e. The first kappa shape index (κ1) is 13.5. The quantitative estimate of drug-likeness (QED) is 0.822. The lowest BCUT2D eigenvalue weighted by molar-refractivity contribution is 0.0465. The highest BCUT2D eigenvalue weighted by atomic mass is 16.5. The van der Waals surface area contributed by atoms with Crippen molar-refractivity contribution in [2.24, 2.45) is 0 Å². The summed E-state index contributed by atoms with van der Waals surface area (Å²) in [7, 11) is 0. The molecule has 3 rings (SSSR count). The van der Waals surface area contributed by atoms with Gasteiger partial charge < -0.3 is 14.0 Å². The van der Waals surface area contributed by atoms with Crippen LogP contribution in [0.15, 0.2) is 30.5 Å². The fourth-order valence-corrected chi connectivity index (χ4v) is 2.89. The smallest absolute Gasteiger partial charge is 0.120 e. The van der Waals surface area contributed by atoms with E-state index in [0.29, 0.717) is 12.2 Å². The van der Waals surface area contributed by atoms with Gasteiger partial charge in [0.2, 0.25) is 0 Å². The summed E-state index contributed by atoms with van der Waals surface area (Å²) in [6, 6.07) is 8.50. The van der Waals surface area contributed by atoms with Gasteiger partial charge in [-0.15, -0.1) is 0 Å². The van der Waals surface area contributed by atoms with Crippen LogP contribution in [0.25, 0.3) is 10.9 Å². The summed E-state index contributed by atoms with van der Waals surface area (Å²) in [5.41, 5.74) is 1.26. The lowest BCUT2D eigenvalue weighted by atomic mass is 10.2. The summed E-state index contributed by atoms with van der Waals surface area (Å²) < 4.78 is 13.9. The summed E-state index contributed by atoms with van der Waals surface area (Å²) in [5.74, 6) is 0.961. The molecule has 2 unspecified atom stereocenters. The van der Waals surface area contributed by atoms with Gasteiger partial charge in [-0.25, -0.2) is 0 Å². The van der Waals surface area contributed by atoms with Crippen molar-refractivity contribution in [3.63, 3.8) is 0 Å². The Kier molecular flexibility index (Phi) is 3.97. The third kappa shape index (κ3) is 2.83. The van der Waals surface area contributed by atoms with Gasteiger partial charge in [0, 0.05) is 23.6 Å². The molecule has 1 aromatic carbocycles. The van der Waals surface area contributed by atoms with Gasteiger partial charge in [0.05, 0.1) is 18.8 Å². The predicted octanol–water partition coefficient (Wildman–Crippen LogP) is 4.00. The maximum absolute atomic E-state index is 5.91. The topological polar surface area (TPSA) is 23.4 Å². The van der Waals surface area contributed by atoms with E-state index < -0.39 is 0 Å². The standard InChI is InChI=1S/C17H23NO2/c1-3-10-19-15-6-7-17-14(11-15)8-9-18(17)12-16-5-4-13(2)20-16/h6-9,11,13,16H,3-5,10,12H2,1-2H3. The Morgan fingerprint density at radius 2 is 2.20 bits per heavy atom. The molecule has 3 heteroatoms. The van der Waals surface area contributed by atoms with Crippen molar-refractivity contribution >= 4 is 10.9 Å². The van der Waals surface area contributed by atoms with E-state index in [4.69, 9.17) is 9.47 Å². The van der Waals surface area contributed by atoms with Crippen molar-refractivity contribution in [2.45, 2.75) is 51.9 Å². The van der Waals surface area contributed by atoms with Crippen molar-refractivity contribution in [3.8, 4) is 5.75 Å². The predicted molar refractivity (Wildman–Crippen MR) is 81.3 cm³/mol. The van der Waals surface area contributed by atoms with Crippen LogP contribution in [0.3, 0.4) is 0 Å². The molecule has 0 N–H and O–H groups in total. The molecule has 0 saturated carbocycles. The highest BCUT2D eigenvalue weighted by Crippen LogP contribution is 2.25. The Bertz CT molecular complexity index is 575. The number of hydrogen-bond acceptors (Lipinski definition) is 2. The van der Waals surface area contributed by atoms with Gasteiger partial charge in [-0.05, 0) is 50.5 Å². The molecule has 3 nitrogen and oxygen atoms in total. The number of hydrogen-bond donors (Lipinski definition) is 0. The van der Waals surface area contributed by atoms with Crippen LogP contribution in [0.4, 0.5) is 0 Å². The molecule has 108 valence electrons. The maximum Gasteiger partial charge on any atom is 0.120 e. The molecule has 1 fully saturated rings. The van der Waals surface area contributed by atoms with E-state index in [9.17, 15) is 0 Å². The summed E-state index contributed by atoms with van der Waals surface area (Å²) in [6.45, 7) is 6.01. The van der Waals surface area contributed by atoms with Crippen LogP contribution in [0.1, 0.15) is 33.1 Å². The lowest BCUT2D eigenvalue weighted by Gasteiger charge is -2.13. The second kappa shape index (κ2) is 5.88. The second-order valence-electron chi connectivity index (χ2n) is 5.68. The third-order valence-corrected chi connectivity index (χ3v) is 3.94. The number of fused-ring (bicyclic) bond motifs is 1. The molecule has 1 aliphatic heterocycles. The maximum atomic E-state index is 5.91. The van der Waals surface area contributed by atoms with E-state index in [2.05, 4.69) is 48.9 Å². The van der Waals surface area contributed by atoms with E-state index in [1.165, 1.54) is 23.7 Å². The molecule has 2 aromatic rings. The van der Waals surface area contributed by atoms with E-state index in [-0.39, 0.29) is 0 Å². The third-order valence-electron chi connectivity index (χ3n) is 3.94. The van der Waals surface area contributed by atoms with Crippen LogP contribution in [0.2, 0.25) is 0 Å². The molecule has 2 heterocycles. The summed E-state index contributed by atoms with van der Waals surface area (Å²) in [5, 5.41) is 1.24. The Morgan fingerprint density at radius 1 is 1.30 bits per heavy atom. The van der Waals surface area contributed by atoms with Gasteiger partial charge >= 0.3 is 0 Å². The number of benzene rings is 1. The summed E-state index contributed by atoms with van der Waals surface area (Å²) >= 11 is 0. The average Bonchev–Trinajstić information content (AvgIpc) is 3.04. The zero-order valence-corrected chi connectivity index (χ0v) is 12.3. The average molecular weight is 273 g/mol. The van der Waals surface area contributed by atoms with Gasteiger partial charge in [0.25, 0.3) is 0 Å². The molecule has 1 aromatic heterocycles. The fraction of sp³-hybridized carbons (Fsp3) is 0.529. The molecule has 1 saturated heterocycles. The molecule has 0 bridgehead atoms. The Balaban J connectivity index is 1.75. The van der Waals surface area contributed by atoms with Crippen LogP contribution in [-0.2, 0) is 11.3 Å². The first-order chi connectivity index (χ1) is 9.76. The molecule has 2 atom stereocenters. The van der Waals surface area contributed by atoms with E-state index in [0.717, 1.165) is 25.3 Å². The molecule has 0 radical (unpaired) electrons. The highest BCUT2D eigenvalue weighted by molar-refractivity contribution is 5.81. The zero-order valence-electron chi connectivity index (χ0n) is 12.3. The minimum atomic E-state index is 0.358. The van der Waals surface area contributed by atoms with Crippen molar-refractivity contribution in [2.75, 3.05) is 6.61 Å². The van der Waals surface area contributed by atoms with E-state index >= 15 is 0 Å². The van der Waals surface area contributed by atoms with Gasteiger partial charge in [-0.2, -0.15) is 0 Å². The van der Waals surface area contributed by atoms with Crippen molar-refractivity contribution in [1.29, 1.82) is 0 Å². The number of nitrogens with zero attached hydrogens (tertiary/aromatic N) is 1. The summed E-state index contributed by atoms with van der Waals surface area (Å²) in [4.78, 5) is 0. The molecule has 0 aliphatic carbocycles. The molecule has 20 heavy (non-hydrogen) atoms. The van der Waals surface area contributed by atoms with E-state index in [1.807, 2.05) is 0 Å². The Labute approximate surface area is 120 Å². The molecular formula is C17H23NO2. The highest BCUT2D eigenvalue weighted by Gasteiger charge is 2.22. The molecule has 0 amide bonds. The van der Waals surface area contributed by atoms with Gasteiger partial charge in [-0.3, -0.25) is 0 Å². The van der Waals surface area contributed by atoms with E-state index in [1.54, 1.807) is 0 Å². The Morgan fingerprint density at radius 3 is 2.95 bits per heavy atom. The molecule has 1 aliphatic rings. The second-order valence-corrected chi connectivity index (χ2v) is 5.68. The van der Waals surface area contributed by atoms with Crippen LogP contribution in [0, 0.1) is 0 Å². The number of aromatic nitrogens is 1. The fourth-order valence-electron chi connectivity index (χ4n) is 2.89. The van der Waals surface area contributed by atoms with Crippen molar-refractivity contribution in [3.05, 3.63) is 30.5 Å². The van der Waals surface area contributed by atoms with Crippen molar-refractivity contribution < 1.29 is 9.47 Å². The zero-order chi connectivity index (χ0) is 13.9. The van der Waals surface area contributed by atoms with Crippen LogP contribution in [-0.4, -0.2) is 23.4 Å². The van der Waals surface area contributed by atoms with Gasteiger partial charge in [0.1, 0.15) is 5.75 Å². The van der Waals surface area contributed by atoms with Crippen molar-refractivity contribution in [1.82, 2.24) is 4.57 Å². The number of rotatable bonds is 5. The summed E-state index contributed by atoms with van der Waals surface area (Å²) in [6.07, 6.45) is 6.31. The van der Waals surface area contributed by atoms with Gasteiger partial charge in [0.15, 0.2) is 0 Å². The van der Waals surface area contributed by atoms with Crippen LogP contribution in [0.5, 0.6) is 5.75 Å². The monoisotopic (exact) mass is 273 g/mol. The Hall–Kier alpha value is -1.48. The molecule has 0 spiro atoms. The molecular weight excluding hydrogens is 250 g/mol. The first-order valence-electron chi connectivity index (χ1n) is 7.63. The number of ether oxygens (including phenoxy) is 2. The van der Waals surface area contributed by atoms with Crippen LogP contribution < -0.4 is 4.74 Å². The largest absolute Gasteiger partial charge is 0.494 e.